The molecule has 0 aromatic heterocycles. The van der Waals surface area contributed by atoms with Crippen LogP contribution in [0.2, 0.25) is 0 Å². The van der Waals surface area contributed by atoms with Crippen molar-refractivity contribution >= 4 is 5.71 Å². The Balaban J connectivity index is 0.000000949. The minimum absolute atomic E-state index is 0.147. The van der Waals surface area contributed by atoms with E-state index in [0.29, 0.717) is 5.92 Å². The third-order valence-electron chi connectivity index (χ3n) is 7.98. The van der Waals surface area contributed by atoms with Crippen LogP contribution in [0.3, 0.4) is 0 Å². The molecule has 0 saturated heterocycles. The molecule has 0 heterocycles. The summed E-state index contributed by atoms with van der Waals surface area (Å²) in [4.78, 5) is 4.86. The molecule has 1 fully saturated rings. The standard InChI is InChI=1S/C28H37N.2C2H6.CH5N/c1-5-21(18-20-12-8-9-13-20)27(29-4)22-16-17-24-23-14-10-11-15-25(23)28(6-2,7-3)26(24)19-22;3*1-2/h10-11,14-17,19-21H,5-9,12-13,18H2,1-4H3;2*1-2H3;2H2,1H3. The summed E-state index contributed by atoms with van der Waals surface area (Å²) in [5.74, 6) is 1.49. The van der Waals surface area contributed by atoms with Gasteiger partial charge >= 0.3 is 0 Å². The van der Waals surface area contributed by atoms with E-state index in [1.54, 1.807) is 0 Å². The quantitative estimate of drug-likeness (QED) is 0.395. The van der Waals surface area contributed by atoms with Crippen molar-refractivity contribution in [3.05, 3.63) is 59.2 Å². The van der Waals surface area contributed by atoms with Gasteiger partial charge in [-0.25, -0.2) is 0 Å². The van der Waals surface area contributed by atoms with E-state index >= 15 is 0 Å². The Kier molecular flexibility index (Phi) is 14.2. The second-order valence-electron chi connectivity index (χ2n) is 9.20. The topological polar surface area (TPSA) is 38.4 Å². The average molecular weight is 479 g/mol. The molecule has 0 spiro atoms. The Bertz CT molecular complexity index is 886. The molecule has 2 aliphatic rings. The molecule has 196 valence electrons. The van der Waals surface area contributed by atoms with Gasteiger partial charge in [0.2, 0.25) is 0 Å². The highest BCUT2D eigenvalue weighted by Crippen LogP contribution is 2.52. The van der Waals surface area contributed by atoms with Crippen molar-refractivity contribution in [2.45, 2.75) is 105 Å². The van der Waals surface area contributed by atoms with Gasteiger partial charge in [0.25, 0.3) is 0 Å². The monoisotopic (exact) mass is 478 g/mol. The van der Waals surface area contributed by atoms with Gasteiger partial charge in [-0.15, -0.1) is 0 Å². The first kappa shape index (κ1) is 31.1. The molecule has 0 aliphatic heterocycles. The molecule has 4 rings (SSSR count). The molecule has 0 amide bonds. The fourth-order valence-electron chi connectivity index (χ4n) is 6.29. The van der Waals surface area contributed by atoms with Crippen LogP contribution >= 0.6 is 0 Å². The van der Waals surface area contributed by atoms with Crippen molar-refractivity contribution in [2.75, 3.05) is 14.1 Å². The predicted molar refractivity (Wildman–Crippen MR) is 159 cm³/mol. The first-order valence-corrected chi connectivity index (χ1v) is 14.5. The van der Waals surface area contributed by atoms with E-state index in [2.05, 4.69) is 69.0 Å². The zero-order chi connectivity index (χ0) is 26.4. The van der Waals surface area contributed by atoms with E-state index in [1.165, 1.54) is 79.1 Å². The zero-order valence-corrected chi connectivity index (χ0v) is 24.4. The molecule has 1 unspecified atom stereocenters. The summed E-state index contributed by atoms with van der Waals surface area (Å²) in [6.45, 7) is 15.0. The summed E-state index contributed by atoms with van der Waals surface area (Å²) in [6.07, 6.45) is 10.5. The fourth-order valence-corrected chi connectivity index (χ4v) is 6.29. The highest BCUT2D eigenvalue weighted by Gasteiger charge is 2.40. The van der Waals surface area contributed by atoms with E-state index in [-0.39, 0.29) is 5.41 Å². The SMILES string of the molecule is CC.CC.CCC(CC1CCCC1)C(=NC)c1ccc2c(c1)C(CC)(CC)c1ccccc1-2.CN. The van der Waals surface area contributed by atoms with Crippen LogP contribution in [0, 0.1) is 11.8 Å². The van der Waals surface area contributed by atoms with Crippen molar-refractivity contribution in [3.63, 3.8) is 0 Å². The second-order valence-corrected chi connectivity index (χ2v) is 9.20. The molecule has 2 aromatic carbocycles. The van der Waals surface area contributed by atoms with Crippen LogP contribution in [0.25, 0.3) is 11.1 Å². The number of nitrogens with two attached hydrogens (primary N) is 1. The van der Waals surface area contributed by atoms with Crippen LogP contribution in [0.15, 0.2) is 47.5 Å². The lowest BCUT2D eigenvalue weighted by Crippen LogP contribution is -2.24. The predicted octanol–water partition coefficient (Wildman–Crippen LogP) is 9.43. The van der Waals surface area contributed by atoms with E-state index in [0.717, 1.165) is 18.8 Å². The van der Waals surface area contributed by atoms with Crippen LogP contribution in [0.5, 0.6) is 0 Å². The van der Waals surface area contributed by atoms with E-state index in [4.69, 9.17) is 4.99 Å². The van der Waals surface area contributed by atoms with Gasteiger partial charge in [-0.3, -0.25) is 4.99 Å². The van der Waals surface area contributed by atoms with Gasteiger partial charge in [0, 0.05) is 24.1 Å². The minimum Gasteiger partial charge on any atom is -0.333 e. The lowest BCUT2D eigenvalue weighted by molar-refractivity contribution is 0.434. The third kappa shape index (κ3) is 6.45. The molecular weight excluding hydrogens is 424 g/mol. The Hall–Kier alpha value is -1.93. The first-order valence-electron chi connectivity index (χ1n) is 14.5. The fraction of sp³-hybridized carbons (Fsp3) is 0.606. The van der Waals surface area contributed by atoms with Crippen molar-refractivity contribution in [1.82, 2.24) is 0 Å². The number of fused-ring (bicyclic) bond motifs is 3. The summed E-state index contributed by atoms with van der Waals surface area (Å²) >= 11 is 0. The highest BCUT2D eigenvalue weighted by atomic mass is 14.7. The van der Waals surface area contributed by atoms with Crippen LogP contribution in [0.4, 0.5) is 0 Å². The maximum atomic E-state index is 4.86. The number of nitrogens with zero attached hydrogens (tertiary/aromatic N) is 1. The zero-order valence-electron chi connectivity index (χ0n) is 24.4. The maximum Gasteiger partial charge on any atom is 0.0448 e. The lowest BCUT2D eigenvalue weighted by Gasteiger charge is -2.30. The number of hydrogen-bond acceptors (Lipinski definition) is 2. The van der Waals surface area contributed by atoms with Crippen LogP contribution in [0.1, 0.15) is 117 Å². The Morgan fingerprint density at radius 3 is 2.00 bits per heavy atom. The van der Waals surface area contributed by atoms with Crippen LogP contribution in [-0.4, -0.2) is 19.8 Å². The lowest BCUT2D eigenvalue weighted by atomic mass is 9.73. The van der Waals surface area contributed by atoms with Gasteiger partial charge in [-0.05, 0) is 72.5 Å². The molecular formula is C33H54N2. The Morgan fingerprint density at radius 2 is 1.46 bits per heavy atom. The molecule has 35 heavy (non-hydrogen) atoms. The molecule has 2 nitrogen and oxygen atoms in total. The van der Waals surface area contributed by atoms with Gasteiger partial charge in [0.15, 0.2) is 0 Å². The summed E-state index contributed by atoms with van der Waals surface area (Å²) in [5, 5.41) is 0. The van der Waals surface area contributed by atoms with E-state index in [9.17, 15) is 0 Å². The third-order valence-corrected chi connectivity index (χ3v) is 7.98. The largest absolute Gasteiger partial charge is 0.333 e. The Morgan fingerprint density at radius 1 is 0.886 bits per heavy atom. The first-order chi connectivity index (χ1) is 17.2. The number of rotatable bonds is 7. The summed E-state index contributed by atoms with van der Waals surface area (Å²) < 4.78 is 0. The smallest absolute Gasteiger partial charge is 0.0448 e. The van der Waals surface area contributed by atoms with Crippen LogP contribution < -0.4 is 5.73 Å². The molecule has 0 radical (unpaired) electrons. The molecule has 1 saturated carbocycles. The summed E-state index contributed by atoms with van der Waals surface area (Å²) in [7, 11) is 3.50. The van der Waals surface area contributed by atoms with Gasteiger partial charge in [-0.2, -0.15) is 0 Å². The number of benzene rings is 2. The minimum atomic E-state index is 0.147. The number of aliphatic imine (C=N–C) groups is 1. The van der Waals surface area contributed by atoms with Crippen molar-refractivity contribution < 1.29 is 0 Å². The Labute approximate surface area is 217 Å². The molecule has 2 N–H and O–H groups in total. The van der Waals surface area contributed by atoms with E-state index in [1.807, 2.05) is 34.7 Å². The van der Waals surface area contributed by atoms with Crippen molar-refractivity contribution in [3.8, 4) is 11.1 Å². The maximum absolute atomic E-state index is 4.86. The molecule has 2 aliphatic carbocycles. The summed E-state index contributed by atoms with van der Waals surface area (Å²) in [6, 6.07) is 16.3. The molecule has 1 atom stereocenters. The van der Waals surface area contributed by atoms with Crippen molar-refractivity contribution in [2.24, 2.45) is 22.6 Å². The van der Waals surface area contributed by atoms with Crippen LogP contribution in [-0.2, 0) is 5.41 Å². The molecule has 2 aromatic rings. The van der Waals surface area contributed by atoms with E-state index < -0.39 is 0 Å². The molecule has 0 bridgehead atoms. The summed E-state index contributed by atoms with van der Waals surface area (Å²) in [5.41, 5.74) is 13.3. The van der Waals surface area contributed by atoms with Gasteiger partial charge in [-0.1, -0.05) is 111 Å². The molecule has 2 heteroatoms. The highest BCUT2D eigenvalue weighted by molar-refractivity contribution is 6.03. The van der Waals surface area contributed by atoms with Gasteiger partial charge in [0.05, 0.1) is 0 Å². The van der Waals surface area contributed by atoms with Gasteiger partial charge in [0.1, 0.15) is 0 Å². The van der Waals surface area contributed by atoms with Gasteiger partial charge < -0.3 is 5.73 Å². The van der Waals surface area contributed by atoms with Crippen molar-refractivity contribution in [1.29, 1.82) is 0 Å². The normalized spacial score (nSPS) is 16.5. The second kappa shape index (κ2) is 15.9. The number of hydrogen-bond donors (Lipinski definition) is 1. The average Bonchev–Trinajstić information content (AvgIpc) is 3.56.